The molecule has 0 aliphatic heterocycles. The van der Waals surface area contributed by atoms with E-state index in [1.165, 1.54) is 11.3 Å². The number of sulfonamides is 1. The van der Waals surface area contributed by atoms with E-state index in [1.807, 2.05) is 14.1 Å². The van der Waals surface area contributed by atoms with Crippen molar-refractivity contribution < 1.29 is 13.2 Å². The molecule has 2 aromatic rings. The summed E-state index contributed by atoms with van der Waals surface area (Å²) >= 11 is 1.17. The van der Waals surface area contributed by atoms with E-state index in [0.29, 0.717) is 18.2 Å². The highest BCUT2D eigenvalue weighted by atomic mass is 32.2. The van der Waals surface area contributed by atoms with Gasteiger partial charge in [0.2, 0.25) is 5.91 Å². The third kappa shape index (κ3) is 6.34. The van der Waals surface area contributed by atoms with Crippen molar-refractivity contribution in [2.24, 2.45) is 5.92 Å². The number of benzene rings is 1. The van der Waals surface area contributed by atoms with Crippen LogP contribution in [-0.4, -0.2) is 45.9 Å². The third-order valence-corrected chi connectivity index (χ3v) is 7.05. The Kier molecular flexibility index (Phi) is 7.41. The van der Waals surface area contributed by atoms with Crippen LogP contribution in [0.3, 0.4) is 0 Å². The van der Waals surface area contributed by atoms with E-state index in [0.717, 1.165) is 5.56 Å². The second kappa shape index (κ2) is 9.34. The van der Waals surface area contributed by atoms with Gasteiger partial charge in [-0.3, -0.25) is 9.52 Å². The Labute approximate surface area is 165 Å². The zero-order chi connectivity index (χ0) is 20.0. The first-order valence-corrected chi connectivity index (χ1v) is 11.1. The number of rotatable bonds is 9. The van der Waals surface area contributed by atoms with Crippen molar-refractivity contribution in [3.8, 4) is 0 Å². The molecule has 0 fully saturated rings. The maximum absolute atomic E-state index is 12.2. The zero-order valence-corrected chi connectivity index (χ0v) is 17.7. The molecule has 0 radical (unpaired) electrons. The van der Waals surface area contributed by atoms with Crippen LogP contribution >= 0.6 is 11.3 Å². The molecule has 0 aliphatic rings. The lowest BCUT2D eigenvalue weighted by molar-refractivity contribution is -0.120. The first-order chi connectivity index (χ1) is 12.7. The van der Waals surface area contributed by atoms with Gasteiger partial charge in [-0.15, -0.1) is 11.3 Å². The number of nitrogens with one attached hydrogen (secondary N) is 2. The average Bonchev–Trinajstić information content (AvgIpc) is 3.11. The summed E-state index contributed by atoms with van der Waals surface area (Å²) < 4.78 is 27.2. The van der Waals surface area contributed by atoms with Crippen LogP contribution < -0.4 is 10.0 Å². The molecule has 1 atom stereocenters. The van der Waals surface area contributed by atoms with Gasteiger partial charge in [-0.05, 0) is 49.2 Å². The predicted molar refractivity (Wildman–Crippen MR) is 111 cm³/mol. The van der Waals surface area contributed by atoms with Crippen molar-refractivity contribution >= 4 is 33.0 Å². The number of hydrogen-bond donors (Lipinski definition) is 2. The number of anilines is 1. The van der Waals surface area contributed by atoms with Crippen molar-refractivity contribution in [3.05, 3.63) is 47.3 Å². The lowest BCUT2D eigenvalue weighted by atomic mass is 10.0. The van der Waals surface area contributed by atoms with Gasteiger partial charge in [-0.1, -0.05) is 32.0 Å². The van der Waals surface area contributed by atoms with Crippen LogP contribution in [0, 0.1) is 5.92 Å². The Balaban J connectivity index is 1.91. The molecule has 8 heteroatoms. The second-order valence-corrected chi connectivity index (χ2v) is 9.85. The summed E-state index contributed by atoms with van der Waals surface area (Å²) in [5, 5.41) is 4.69. The van der Waals surface area contributed by atoms with Crippen LogP contribution in [0.25, 0.3) is 0 Å². The maximum Gasteiger partial charge on any atom is 0.271 e. The maximum atomic E-state index is 12.2. The summed E-state index contributed by atoms with van der Waals surface area (Å²) in [5.41, 5.74) is 1.30. The molecular weight excluding hydrogens is 382 g/mol. The molecule has 148 valence electrons. The molecule has 2 N–H and O–H groups in total. The van der Waals surface area contributed by atoms with Crippen molar-refractivity contribution in [3.63, 3.8) is 0 Å². The van der Waals surface area contributed by atoms with Crippen molar-refractivity contribution in [2.75, 3.05) is 25.4 Å². The van der Waals surface area contributed by atoms with Crippen LogP contribution in [0.1, 0.15) is 19.4 Å². The lowest BCUT2D eigenvalue weighted by Crippen LogP contribution is -2.43. The Morgan fingerprint density at radius 1 is 1.15 bits per heavy atom. The van der Waals surface area contributed by atoms with Crippen molar-refractivity contribution in [1.82, 2.24) is 10.2 Å². The molecule has 27 heavy (non-hydrogen) atoms. The number of carbonyl (C=O) groups excluding carboxylic acids is 1. The standard InChI is InChI=1S/C19H27N3O3S2/c1-14(2)17(22(3)4)13-20-18(23)12-15-7-9-16(10-8-15)21-27(24,25)19-6-5-11-26-19/h5-11,14,17,21H,12-13H2,1-4H3,(H,20,23)/t17-/m1/s1. The zero-order valence-electron chi connectivity index (χ0n) is 16.1. The minimum atomic E-state index is -3.56. The van der Waals surface area contributed by atoms with Crippen molar-refractivity contribution in [2.45, 2.75) is 30.5 Å². The van der Waals surface area contributed by atoms with Gasteiger partial charge < -0.3 is 10.2 Å². The molecule has 1 heterocycles. The molecule has 0 spiro atoms. The molecule has 0 bridgehead atoms. The third-order valence-electron chi connectivity index (χ3n) is 4.27. The van der Waals surface area contributed by atoms with E-state index in [4.69, 9.17) is 0 Å². The van der Waals surface area contributed by atoms with E-state index in [-0.39, 0.29) is 22.6 Å². The number of hydrogen-bond acceptors (Lipinski definition) is 5. The SMILES string of the molecule is CC(C)[C@@H](CNC(=O)Cc1ccc(NS(=O)(=O)c2cccs2)cc1)N(C)C. The van der Waals surface area contributed by atoms with E-state index in [9.17, 15) is 13.2 Å². The Bertz CT molecular complexity index is 822. The van der Waals surface area contributed by atoms with Crippen LogP contribution in [0.5, 0.6) is 0 Å². The number of nitrogens with zero attached hydrogens (tertiary/aromatic N) is 1. The molecule has 0 unspecified atom stereocenters. The van der Waals surface area contributed by atoms with Gasteiger partial charge in [0.15, 0.2) is 0 Å². The molecule has 6 nitrogen and oxygen atoms in total. The topological polar surface area (TPSA) is 78.5 Å². The summed E-state index contributed by atoms with van der Waals surface area (Å²) in [6, 6.07) is 10.4. The van der Waals surface area contributed by atoms with Gasteiger partial charge in [-0.25, -0.2) is 8.42 Å². The number of thiophene rings is 1. The molecule has 1 aromatic heterocycles. The van der Waals surface area contributed by atoms with Gasteiger partial charge in [0.25, 0.3) is 10.0 Å². The molecule has 0 aliphatic carbocycles. The van der Waals surface area contributed by atoms with Gasteiger partial charge in [0.05, 0.1) is 6.42 Å². The minimum absolute atomic E-state index is 0.0468. The highest BCUT2D eigenvalue weighted by molar-refractivity contribution is 7.94. The first kappa shape index (κ1) is 21.4. The van der Waals surface area contributed by atoms with Gasteiger partial charge in [-0.2, -0.15) is 0 Å². The largest absolute Gasteiger partial charge is 0.354 e. The van der Waals surface area contributed by atoms with Gasteiger partial charge in [0, 0.05) is 18.3 Å². The van der Waals surface area contributed by atoms with Gasteiger partial charge in [0.1, 0.15) is 4.21 Å². The smallest absolute Gasteiger partial charge is 0.271 e. The summed E-state index contributed by atoms with van der Waals surface area (Å²) in [5.74, 6) is 0.394. The first-order valence-electron chi connectivity index (χ1n) is 8.77. The fraction of sp³-hybridized carbons (Fsp3) is 0.421. The minimum Gasteiger partial charge on any atom is -0.354 e. The van der Waals surface area contributed by atoms with Crippen molar-refractivity contribution in [1.29, 1.82) is 0 Å². The highest BCUT2D eigenvalue weighted by Gasteiger charge is 2.17. The molecule has 0 saturated heterocycles. The average molecular weight is 410 g/mol. The summed E-state index contributed by atoms with van der Waals surface area (Å²) in [7, 11) is 0.458. The number of amides is 1. The number of carbonyl (C=O) groups is 1. The van der Waals surface area contributed by atoms with E-state index in [1.54, 1.807) is 41.8 Å². The van der Waals surface area contributed by atoms with E-state index < -0.39 is 10.0 Å². The summed E-state index contributed by atoms with van der Waals surface area (Å²) in [4.78, 5) is 14.3. The molecule has 1 amide bonds. The Morgan fingerprint density at radius 3 is 2.33 bits per heavy atom. The Morgan fingerprint density at radius 2 is 1.81 bits per heavy atom. The second-order valence-electron chi connectivity index (χ2n) is 6.99. The normalized spacial score (nSPS) is 13.0. The fourth-order valence-electron chi connectivity index (χ4n) is 2.79. The van der Waals surface area contributed by atoms with Crippen LogP contribution in [0.2, 0.25) is 0 Å². The van der Waals surface area contributed by atoms with Crippen LogP contribution in [0.15, 0.2) is 46.0 Å². The lowest BCUT2D eigenvalue weighted by Gasteiger charge is -2.28. The van der Waals surface area contributed by atoms with Crippen LogP contribution in [-0.2, 0) is 21.2 Å². The van der Waals surface area contributed by atoms with E-state index >= 15 is 0 Å². The quantitative estimate of drug-likeness (QED) is 0.668. The van der Waals surface area contributed by atoms with Crippen LogP contribution in [0.4, 0.5) is 5.69 Å². The summed E-state index contributed by atoms with van der Waals surface area (Å²) in [6.07, 6.45) is 0.260. The van der Waals surface area contributed by atoms with E-state index in [2.05, 4.69) is 28.8 Å². The molecule has 0 saturated carbocycles. The highest BCUT2D eigenvalue weighted by Crippen LogP contribution is 2.20. The molecule has 2 rings (SSSR count). The molecule has 1 aromatic carbocycles. The summed E-state index contributed by atoms with van der Waals surface area (Å²) in [6.45, 7) is 4.86. The molecular formula is C19H27N3O3S2. The monoisotopic (exact) mass is 409 g/mol. The number of likely N-dealkylation sites (N-methyl/N-ethyl adjacent to an activating group) is 1. The Hall–Kier alpha value is -1.90. The van der Waals surface area contributed by atoms with Gasteiger partial charge >= 0.3 is 0 Å². The predicted octanol–water partition coefficient (Wildman–Crippen LogP) is 2.79. The fourth-order valence-corrected chi connectivity index (χ4v) is 4.84.